The van der Waals surface area contributed by atoms with E-state index in [2.05, 4.69) is 14.7 Å². The van der Waals surface area contributed by atoms with Crippen LogP contribution in [0.2, 0.25) is 0 Å². The van der Waals surface area contributed by atoms with E-state index >= 15 is 0 Å². The van der Waals surface area contributed by atoms with E-state index in [1.165, 1.54) is 13.2 Å². The van der Waals surface area contributed by atoms with E-state index in [4.69, 9.17) is 0 Å². The summed E-state index contributed by atoms with van der Waals surface area (Å²) in [7, 11) is 1.30. The van der Waals surface area contributed by atoms with Gasteiger partial charge in [-0.15, -0.1) is 0 Å². The predicted octanol–water partition coefficient (Wildman–Crippen LogP) is 1.02. The van der Waals surface area contributed by atoms with Crippen LogP contribution >= 0.6 is 0 Å². The van der Waals surface area contributed by atoms with Gasteiger partial charge in [0.2, 0.25) is 0 Å². The maximum atomic E-state index is 11.6. The van der Waals surface area contributed by atoms with E-state index in [1.807, 2.05) is 0 Å². The minimum Gasteiger partial charge on any atom is -0.465 e. The molecule has 0 unspecified atom stereocenters. The molecule has 1 aromatic carbocycles. The fourth-order valence-electron chi connectivity index (χ4n) is 1.50. The Kier molecular flexibility index (Phi) is 2.44. The number of rotatable bonds is 1. The number of carbonyl (C=O) groups is 1. The van der Waals surface area contributed by atoms with Crippen LogP contribution in [0.15, 0.2) is 23.0 Å². The van der Waals surface area contributed by atoms with Crippen molar-refractivity contribution in [3.63, 3.8) is 0 Å². The summed E-state index contributed by atoms with van der Waals surface area (Å²) in [5.74, 6) is 0.0743. The number of H-pyrrole nitrogens is 1. The fourth-order valence-corrected chi connectivity index (χ4v) is 1.50. The number of hydrogen-bond acceptors (Lipinski definition) is 4. The maximum Gasteiger partial charge on any atom is 0.337 e. The number of nitrogens with zero attached hydrogens (tertiary/aromatic N) is 1. The molecule has 0 aliphatic heterocycles. The summed E-state index contributed by atoms with van der Waals surface area (Å²) >= 11 is 0. The smallest absolute Gasteiger partial charge is 0.337 e. The van der Waals surface area contributed by atoms with Crippen LogP contribution in [-0.4, -0.2) is 23.0 Å². The molecule has 82 valence electrons. The fraction of sp³-hybridized carbons (Fsp3) is 0.182. The molecular weight excluding hydrogens is 208 g/mol. The number of carbonyl (C=O) groups excluding carboxylic acids is 1. The summed E-state index contributed by atoms with van der Waals surface area (Å²) in [4.78, 5) is 29.6. The largest absolute Gasteiger partial charge is 0.465 e. The van der Waals surface area contributed by atoms with Gasteiger partial charge in [-0.1, -0.05) is 0 Å². The highest BCUT2D eigenvalue weighted by Crippen LogP contribution is 2.10. The Hall–Kier alpha value is -2.17. The zero-order valence-corrected chi connectivity index (χ0v) is 8.90. The molecule has 1 aromatic heterocycles. The molecule has 0 fully saturated rings. The maximum absolute atomic E-state index is 11.6. The number of fused-ring (bicyclic) bond motifs is 1. The summed E-state index contributed by atoms with van der Waals surface area (Å²) in [5, 5.41) is 0.383. The Labute approximate surface area is 91.1 Å². The van der Waals surface area contributed by atoms with Crippen LogP contribution < -0.4 is 5.56 Å². The van der Waals surface area contributed by atoms with Gasteiger partial charge in [-0.05, 0) is 25.1 Å². The summed E-state index contributed by atoms with van der Waals surface area (Å²) in [6.45, 7) is 1.70. The Morgan fingerprint density at radius 3 is 2.88 bits per heavy atom. The van der Waals surface area contributed by atoms with Crippen molar-refractivity contribution in [2.24, 2.45) is 0 Å². The van der Waals surface area contributed by atoms with Gasteiger partial charge in [0.1, 0.15) is 5.82 Å². The SMILES string of the molecule is COC(=O)c1ccc2nc(C)[nH]c(=O)c2c1. The first-order valence-electron chi connectivity index (χ1n) is 4.71. The monoisotopic (exact) mass is 218 g/mol. The average molecular weight is 218 g/mol. The summed E-state index contributed by atoms with van der Waals surface area (Å²) in [6, 6.07) is 4.69. The Morgan fingerprint density at radius 1 is 1.44 bits per heavy atom. The second-order valence-electron chi connectivity index (χ2n) is 3.37. The van der Waals surface area contributed by atoms with E-state index in [9.17, 15) is 9.59 Å². The molecule has 16 heavy (non-hydrogen) atoms. The number of aromatic nitrogens is 2. The van der Waals surface area contributed by atoms with Crippen LogP contribution in [0, 0.1) is 6.92 Å². The molecule has 0 spiro atoms. The van der Waals surface area contributed by atoms with Crippen molar-refractivity contribution >= 4 is 16.9 Å². The van der Waals surface area contributed by atoms with E-state index < -0.39 is 5.97 Å². The van der Waals surface area contributed by atoms with Gasteiger partial charge < -0.3 is 9.72 Å². The number of hydrogen-bond donors (Lipinski definition) is 1. The first-order valence-corrected chi connectivity index (χ1v) is 4.71. The number of esters is 1. The third kappa shape index (κ3) is 1.67. The van der Waals surface area contributed by atoms with E-state index in [-0.39, 0.29) is 5.56 Å². The quantitative estimate of drug-likeness (QED) is 0.725. The van der Waals surface area contributed by atoms with E-state index in [1.54, 1.807) is 19.1 Å². The minimum atomic E-state index is -0.470. The number of ether oxygens (including phenoxy) is 1. The lowest BCUT2D eigenvalue weighted by molar-refractivity contribution is 0.0601. The predicted molar refractivity (Wildman–Crippen MR) is 58.4 cm³/mol. The van der Waals surface area contributed by atoms with Crippen LogP contribution in [0.4, 0.5) is 0 Å². The standard InChI is InChI=1S/C11H10N2O3/c1-6-12-9-4-3-7(11(15)16-2)5-8(9)10(14)13-6/h3-5H,1-2H3,(H,12,13,14). The van der Waals surface area contributed by atoms with Crippen LogP contribution in [0.1, 0.15) is 16.2 Å². The number of aromatic amines is 1. The normalized spacial score (nSPS) is 10.4. The minimum absolute atomic E-state index is 0.256. The Bertz CT molecular complexity index is 616. The molecule has 0 saturated heterocycles. The van der Waals surface area contributed by atoms with Crippen molar-refractivity contribution in [2.45, 2.75) is 6.92 Å². The van der Waals surface area contributed by atoms with Crippen LogP contribution in [0.5, 0.6) is 0 Å². The Balaban J connectivity index is 2.71. The molecule has 5 heteroatoms. The van der Waals surface area contributed by atoms with Gasteiger partial charge >= 0.3 is 5.97 Å². The van der Waals surface area contributed by atoms with Gasteiger partial charge in [0.15, 0.2) is 0 Å². The van der Waals surface area contributed by atoms with Crippen LogP contribution in [0.25, 0.3) is 10.9 Å². The molecular formula is C11H10N2O3. The summed E-state index contributed by atoms with van der Waals surface area (Å²) in [5.41, 5.74) is 0.647. The van der Waals surface area contributed by atoms with Gasteiger partial charge in [0, 0.05) is 0 Å². The molecule has 0 amide bonds. The number of methoxy groups -OCH3 is 1. The number of nitrogens with one attached hydrogen (secondary N) is 1. The van der Waals surface area contributed by atoms with Gasteiger partial charge in [0.05, 0.1) is 23.6 Å². The van der Waals surface area contributed by atoms with Gasteiger partial charge in [-0.2, -0.15) is 0 Å². The molecule has 5 nitrogen and oxygen atoms in total. The molecule has 0 atom stereocenters. The van der Waals surface area contributed by atoms with Crippen molar-refractivity contribution in [3.8, 4) is 0 Å². The highest BCUT2D eigenvalue weighted by Gasteiger charge is 2.08. The van der Waals surface area contributed by atoms with Gasteiger partial charge in [-0.3, -0.25) is 4.79 Å². The molecule has 1 N–H and O–H groups in total. The molecule has 0 radical (unpaired) electrons. The lowest BCUT2D eigenvalue weighted by atomic mass is 10.1. The zero-order chi connectivity index (χ0) is 11.7. The third-order valence-corrected chi connectivity index (χ3v) is 2.24. The second kappa shape index (κ2) is 3.77. The van der Waals surface area contributed by atoms with Crippen LogP contribution in [0.3, 0.4) is 0 Å². The van der Waals surface area contributed by atoms with Gasteiger partial charge in [-0.25, -0.2) is 9.78 Å². The average Bonchev–Trinajstić information content (AvgIpc) is 2.27. The van der Waals surface area contributed by atoms with Crippen molar-refractivity contribution in [1.29, 1.82) is 0 Å². The Morgan fingerprint density at radius 2 is 2.19 bits per heavy atom. The molecule has 0 saturated carbocycles. The first kappa shape index (κ1) is 10.4. The topological polar surface area (TPSA) is 72.0 Å². The second-order valence-corrected chi connectivity index (χ2v) is 3.37. The van der Waals surface area contributed by atoms with E-state index in [0.717, 1.165) is 0 Å². The molecule has 1 heterocycles. The molecule has 0 aliphatic rings. The van der Waals surface area contributed by atoms with Crippen molar-refractivity contribution in [1.82, 2.24) is 9.97 Å². The summed E-state index contributed by atoms with van der Waals surface area (Å²) in [6.07, 6.45) is 0. The zero-order valence-electron chi connectivity index (χ0n) is 8.90. The molecule has 0 bridgehead atoms. The lowest BCUT2D eigenvalue weighted by Gasteiger charge is -2.01. The van der Waals surface area contributed by atoms with Crippen molar-refractivity contribution < 1.29 is 9.53 Å². The summed E-state index contributed by atoms with van der Waals surface area (Å²) < 4.78 is 4.58. The van der Waals surface area contributed by atoms with Gasteiger partial charge in [0.25, 0.3) is 5.56 Å². The first-order chi connectivity index (χ1) is 7.61. The van der Waals surface area contributed by atoms with Crippen LogP contribution in [-0.2, 0) is 4.74 Å². The lowest BCUT2D eigenvalue weighted by Crippen LogP contribution is -2.11. The number of benzene rings is 1. The van der Waals surface area contributed by atoms with Crippen molar-refractivity contribution in [2.75, 3.05) is 7.11 Å². The molecule has 0 aliphatic carbocycles. The number of aryl methyl sites for hydroxylation is 1. The van der Waals surface area contributed by atoms with Crippen molar-refractivity contribution in [3.05, 3.63) is 39.9 Å². The highest BCUT2D eigenvalue weighted by atomic mass is 16.5. The highest BCUT2D eigenvalue weighted by molar-refractivity contribution is 5.94. The van der Waals surface area contributed by atoms with E-state index in [0.29, 0.717) is 22.3 Å². The molecule has 2 aromatic rings. The third-order valence-electron chi connectivity index (χ3n) is 2.24. The molecule has 2 rings (SSSR count).